The van der Waals surface area contributed by atoms with Crippen LogP contribution < -0.4 is 15.1 Å². The molecule has 0 aromatic heterocycles. The lowest BCUT2D eigenvalue weighted by Crippen LogP contribution is -2.56. The van der Waals surface area contributed by atoms with E-state index in [2.05, 4.69) is 198 Å². The van der Waals surface area contributed by atoms with Crippen LogP contribution in [0.4, 0.5) is 0 Å². The number of para-hydroxylation sites is 1. The lowest BCUT2D eigenvalue weighted by atomic mass is 9.80. The zero-order valence-corrected chi connectivity index (χ0v) is 30.5. The van der Waals surface area contributed by atoms with Crippen LogP contribution in [-0.4, -0.2) is 8.07 Å². The van der Waals surface area contributed by atoms with Crippen LogP contribution in [0.2, 0.25) is 13.1 Å². The van der Waals surface area contributed by atoms with Gasteiger partial charge in [0.25, 0.3) is 0 Å². The second-order valence-corrected chi connectivity index (χ2v) is 19.3. The fraction of sp³-hybridized carbons (Fsp3) is 0.125. The van der Waals surface area contributed by atoms with Gasteiger partial charge in [-0.2, -0.15) is 0 Å². The van der Waals surface area contributed by atoms with Crippen molar-refractivity contribution in [2.45, 2.75) is 39.3 Å². The quantitative estimate of drug-likeness (QED) is 0.167. The molecule has 244 valence electrons. The number of fused-ring (bicyclic) bond motifs is 2. The van der Waals surface area contributed by atoms with Crippen molar-refractivity contribution in [1.29, 1.82) is 0 Å². The zero-order chi connectivity index (χ0) is 34.5. The van der Waals surface area contributed by atoms with Crippen LogP contribution in [0.1, 0.15) is 26.3 Å². The Morgan fingerprint density at radius 2 is 0.880 bits per heavy atom. The molecule has 8 rings (SSSR count). The second-order valence-electron chi connectivity index (χ2n) is 15.0. The molecule has 0 amide bonds. The summed E-state index contributed by atoms with van der Waals surface area (Å²) in [5, 5.41) is 2.71. The Bertz CT molecular complexity index is 2330. The first-order chi connectivity index (χ1) is 24.2. The second kappa shape index (κ2) is 12.5. The summed E-state index contributed by atoms with van der Waals surface area (Å²) in [7, 11) is -2.02. The zero-order valence-electron chi connectivity index (χ0n) is 29.5. The van der Waals surface area contributed by atoms with E-state index in [9.17, 15) is 0 Å². The summed E-state index contributed by atoms with van der Waals surface area (Å²) in [6.07, 6.45) is 0. The van der Waals surface area contributed by atoms with Crippen LogP contribution in [0.3, 0.4) is 0 Å². The highest BCUT2D eigenvalue weighted by Crippen LogP contribution is 2.46. The molecule has 7 aromatic rings. The van der Waals surface area contributed by atoms with E-state index in [-0.39, 0.29) is 5.41 Å². The maximum absolute atomic E-state index is 6.95. The molecule has 0 fully saturated rings. The number of benzene rings is 7. The summed E-state index contributed by atoms with van der Waals surface area (Å²) >= 11 is 0. The molecule has 7 aromatic carbocycles. The molecule has 0 radical (unpaired) electrons. The van der Waals surface area contributed by atoms with Gasteiger partial charge >= 0.3 is 0 Å². The third-order valence-electron chi connectivity index (χ3n) is 10.3. The molecule has 0 saturated heterocycles. The van der Waals surface area contributed by atoms with Gasteiger partial charge in [0.1, 0.15) is 19.6 Å². The monoisotopic (exact) mass is 662 g/mol. The molecule has 0 aliphatic carbocycles. The van der Waals surface area contributed by atoms with Gasteiger partial charge in [-0.3, -0.25) is 0 Å². The van der Waals surface area contributed by atoms with Crippen LogP contribution in [-0.2, 0) is 5.41 Å². The molecule has 1 aliphatic rings. The third-order valence-corrected chi connectivity index (χ3v) is 13.8. The molecular weight excluding hydrogens is 621 g/mol. The van der Waals surface area contributed by atoms with Crippen molar-refractivity contribution in [3.63, 3.8) is 0 Å². The van der Waals surface area contributed by atoms with Crippen molar-refractivity contribution < 1.29 is 4.74 Å². The normalized spacial score (nSPS) is 13.2. The molecule has 2 heteroatoms. The van der Waals surface area contributed by atoms with Gasteiger partial charge in [0.2, 0.25) is 0 Å². The fourth-order valence-corrected chi connectivity index (χ4v) is 10.5. The molecule has 0 spiro atoms. The largest absolute Gasteiger partial charge is 0.457 e. The summed E-state index contributed by atoms with van der Waals surface area (Å²) < 4.78 is 6.95. The van der Waals surface area contributed by atoms with Crippen molar-refractivity contribution in [1.82, 2.24) is 0 Å². The Morgan fingerprint density at radius 3 is 1.42 bits per heavy atom. The fourth-order valence-electron chi connectivity index (χ4n) is 7.67. The van der Waals surface area contributed by atoms with E-state index in [4.69, 9.17) is 4.74 Å². The molecule has 0 bridgehead atoms. The van der Waals surface area contributed by atoms with E-state index in [0.717, 1.165) is 11.5 Å². The summed E-state index contributed by atoms with van der Waals surface area (Å²) in [6, 6.07) is 59.7. The molecule has 1 heterocycles. The molecular formula is C48H42OSi. The lowest BCUT2D eigenvalue weighted by Gasteiger charge is -2.36. The van der Waals surface area contributed by atoms with Crippen molar-refractivity contribution in [3.8, 4) is 67.1 Å². The predicted molar refractivity (Wildman–Crippen MR) is 216 cm³/mol. The summed E-state index contributed by atoms with van der Waals surface area (Å²) in [6.45, 7) is 11.8. The SMILES string of the molecule is CC(C)(C)c1ccc2c(c1-c1cccc(-c3cc(-c4ccccc4)c(-c4ccccc4)cc3-c3ccccc3)c1)Oc1ccccc1[Si]2(C)C. The van der Waals surface area contributed by atoms with Crippen molar-refractivity contribution in [2.75, 3.05) is 0 Å². The molecule has 0 atom stereocenters. The number of hydrogen-bond donors (Lipinski definition) is 0. The molecule has 0 unspecified atom stereocenters. The number of hydrogen-bond acceptors (Lipinski definition) is 1. The minimum atomic E-state index is -2.02. The maximum atomic E-state index is 6.95. The van der Waals surface area contributed by atoms with E-state index in [1.54, 1.807) is 0 Å². The maximum Gasteiger partial charge on any atom is 0.135 e. The van der Waals surface area contributed by atoms with Gasteiger partial charge in [-0.05, 0) is 95.7 Å². The predicted octanol–water partition coefficient (Wildman–Crippen LogP) is 12.2. The highest BCUT2D eigenvalue weighted by Gasteiger charge is 2.39. The van der Waals surface area contributed by atoms with Crippen LogP contribution >= 0.6 is 0 Å². The number of ether oxygens (including phenoxy) is 1. The third kappa shape index (κ3) is 5.60. The average Bonchev–Trinajstić information content (AvgIpc) is 3.15. The van der Waals surface area contributed by atoms with E-state index in [1.165, 1.54) is 71.6 Å². The summed E-state index contributed by atoms with van der Waals surface area (Å²) in [4.78, 5) is 0. The topological polar surface area (TPSA) is 9.23 Å². The van der Waals surface area contributed by atoms with Gasteiger partial charge < -0.3 is 4.74 Å². The summed E-state index contributed by atoms with van der Waals surface area (Å²) in [5.41, 5.74) is 13.3. The van der Waals surface area contributed by atoms with Gasteiger partial charge in [-0.25, -0.2) is 0 Å². The minimum Gasteiger partial charge on any atom is -0.457 e. The van der Waals surface area contributed by atoms with Gasteiger partial charge in [0.05, 0.1) is 0 Å². The minimum absolute atomic E-state index is 0.0839. The summed E-state index contributed by atoms with van der Waals surface area (Å²) in [5.74, 6) is 2.02. The van der Waals surface area contributed by atoms with Crippen molar-refractivity contribution in [2.24, 2.45) is 0 Å². The molecule has 50 heavy (non-hydrogen) atoms. The van der Waals surface area contributed by atoms with E-state index < -0.39 is 8.07 Å². The van der Waals surface area contributed by atoms with E-state index in [1.807, 2.05) is 0 Å². The molecule has 0 N–H and O–H groups in total. The molecule has 1 nitrogen and oxygen atoms in total. The first-order valence-electron chi connectivity index (χ1n) is 17.6. The van der Waals surface area contributed by atoms with E-state index >= 15 is 0 Å². The highest BCUT2D eigenvalue weighted by atomic mass is 28.3. The first kappa shape index (κ1) is 31.8. The van der Waals surface area contributed by atoms with Crippen molar-refractivity contribution in [3.05, 3.63) is 169 Å². The van der Waals surface area contributed by atoms with Gasteiger partial charge in [-0.1, -0.05) is 173 Å². The van der Waals surface area contributed by atoms with E-state index in [0.29, 0.717) is 0 Å². The Kier molecular flexibility index (Phi) is 7.93. The highest BCUT2D eigenvalue weighted by molar-refractivity contribution is 7.01. The van der Waals surface area contributed by atoms with Gasteiger partial charge in [-0.15, -0.1) is 0 Å². The van der Waals surface area contributed by atoms with Gasteiger partial charge in [0.15, 0.2) is 0 Å². The Morgan fingerprint density at radius 1 is 0.420 bits per heavy atom. The smallest absolute Gasteiger partial charge is 0.135 e. The van der Waals surface area contributed by atoms with Crippen LogP contribution in [0.5, 0.6) is 11.5 Å². The molecule has 0 saturated carbocycles. The van der Waals surface area contributed by atoms with Crippen LogP contribution in [0.25, 0.3) is 55.6 Å². The average molecular weight is 663 g/mol. The Labute approximate surface area is 297 Å². The van der Waals surface area contributed by atoms with Crippen LogP contribution in [0, 0.1) is 0 Å². The Hall–Kier alpha value is -5.44. The molecule has 1 aliphatic heterocycles. The van der Waals surface area contributed by atoms with Crippen molar-refractivity contribution >= 4 is 18.4 Å². The van der Waals surface area contributed by atoms with Gasteiger partial charge in [0, 0.05) is 5.56 Å². The Balaban J connectivity index is 1.39. The standard InChI is InChI=1S/C48H42OSi/c1-48(2,3)42-28-29-45-47(49-43-26-15-16-27-44(43)50(45,4)5)46(42)37-25-17-24-36(30-37)41-32-39(34-20-11-7-12-21-34)38(33-18-9-6-10-19-33)31-40(41)35-22-13-8-14-23-35/h6-32H,1-5H3. The number of rotatable bonds is 5. The first-order valence-corrected chi connectivity index (χ1v) is 20.6. The lowest BCUT2D eigenvalue weighted by molar-refractivity contribution is 0.485. The van der Waals surface area contributed by atoms with Crippen LogP contribution in [0.15, 0.2) is 164 Å².